The quantitative estimate of drug-likeness (QED) is 0.396. The number of aromatic nitrogens is 1. The van der Waals surface area contributed by atoms with E-state index in [0.29, 0.717) is 11.6 Å². The number of benzene rings is 2. The molecule has 0 aliphatic rings. The first-order chi connectivity index (χ1) is 14.2. The third kappa shape index (κ3) is 5.02. The smallest absolute Gasteiger partial charge is 0.127 e. The van der Waals surface area contributed by atoms with Crippen LogP contribution in [-0.4, -0.2) is 11.2 Å². The van der Waals surface area contributed by atoms with Crippen LogP contribution in [0.25, 0.3) is 11.3 Å². The van der Waals surface area contributed by atoms with Gasteiger partial charge in [0.05, 0.1) is 11.4 Å². The average molecular weight is 388 g/mol. The van der Waals surface area contributed by atoms with Crippen LogP contribution >= 0.6 is 0 Å². The summed E-state index contributed by atoms with van der Waals surface area (Å²) in [5.41, 5.74) is 10.3. The topological polar surface area (TPSA) is 72.0 Å². The molecule has 2 aromatic carbocycles. The molecule has 150 valence electrons. The number of hydrogen-bond donors (Lipinski definition) is 2. The molecule has 0 unspecified atom stereocenters. The molecule has 0 radical (unpaired) electrons. The Labute approximate surface area is 173 Å². The molecule has 0 aliphatic carbocycles. The van der Waals surface area contributed by atoms with Crippen LogP contribution in [-0.2, 0) is 0 Å². The molecule has 0 aliphatic heterocycles. The molecule has 4 nitrogen and oxygen atoms in total. The lowest BCUT2D eigenvalue weighted by Gasteiger charge is -2.18. The van der Waals surface area contributed by atoms with Crippen molar-refractivity contribution in [1.29, 1.82) is 5.41 Å². The molecular formula is C25H29N3O. The van der Waals surface area contributed by atoms with Gasteiger partial charge in [-0.25, -0.2) is 0 Å². The standard InChI is InChI=1S/C25H29N3O/c1-3-8-18(9-4-2)23-16-20(17-26)24(27)25(28-23)19-12-14-22(15-13-19)29-21-10-6-5-7-11-21/h5-7,10-18,26H,3-4,8-9,27H2,1-2H3. The number of nitrogens with one attached hydrogen (secondary N) is 1. The zero-order valence-corrected chi connectivity index (χ0v) is 17.2. The summed E-state index contributed by atoms with van der Waals surface area (Å²) in [4.78, 5) is 4.93. The van der Waals surface area contributed by atoms with Crippen molar-refractivity contribution in [3.05, 3.63) is 71.9 Å². The van der Waals surface area contributed by atoms with E-state index in [1.54, 1.807) is 0 Å². The number of anilines is 1. The molecule has 1 heterocycles. The Morgan fingerprint density at radius 2 is 1.59 bits per heavy atom. The Balaban J connectivity index is 1.94. The highest BCUT2D eigenvalue weighted by molar-refractivity contribution is 5.91. The summed E-state index contributed by atoms with van der Waals surface area (Å²) in [5.74, 6) is 1.95. The van der Waals surface area contributed by atoms with Gasteiger partial charge in [0.25, 0.3) is 0 Å². The van der Waals surface area contributed by atoms with E-state index in [-0.39, 0.29) is 0 Å². The number of pyridine rings is 1. The Morgan fingerprint density at radius 1 is 0.966 bits per heavy atom. The van der Waals surface area contributed by atoms with Crippen LogP contribution in [0.4, 0.5) is 5.69 Å². The molecule has 29 heavy (non-hydrogen) atoms. The molecule has 0 saturated heterocycles. The SMILES string of the molecule is CCCC(CCC)c1cc(C=N)c(N)c(-c2ccc(Oc3ccccc3)cc2)n1. The number of nitrogens with zero attached hydrogens (tertiary/aromatic N) is 1. The fourth-order valence-corrected chi connectivity index (χ4v) is 3.59. The normalized spacial score (nSPS) is 10.9. The van der Waals surface area contributed by atoms with E-state index in [1.807, 2.05) is 60.7 Å². The van der Waals surface area contributed by atoms with Crippen LogP contribution in [0.1, 0.15) is 56.7 Å². The van der Waals surface area contributed by atoms with E-state index in [0.717, 1.165) is 59.7 Å². The van der Waals surface area contributed by atoms with Gasteiger partial charge in [0.1, 0.15) is 11.5 Å². The maximum Gasteiger partial charge on any atom is 0.127 e. The second-order valence-electron chi connectivity index (χ2n) is 7.26. The van der Waals surface area contributed by atoms with Gasteiger partial charge in [-0.1, -0.05) is 44.9 Å². The summed E-state index contributed by atoms with van der Waals surface area (Å²) in [6.45, 7) is 4.40. The van der Waals surface area contributed by atoms with E-state index >= 15 is 0 Å². The lowest BCUT2D eigenvalue weighted by Crippen LogP contribution is -2.07. The number of rotatable bonds is 9. The highest BCUT2D eigenvalue weighted by Gasteiger charge is 2.17. The van der Waals surface area contributed by atoms with E-state index in [1.165, 1.54) is 6.21 Å². The van der Waals surface area contributed by atoms with Gasteiger partial charge >= 0.3 is 0 Å². The van der Waals surface area contributed by atoms with Crippen molar-refractivity contribution in [3.63, 3.8) is 0 Å². The van der Waals surface area contributed by atoms with Crippen molar-refractivity contribution in [1.82, 2.24) is 4.98 Å². The summed E-state index contributed by atoms with van der Waals surface area (Å²) >= 11 is 0. The second kappa shape index (κ2) is 9.87. The Morgan fingerprint density at radius 3 is 2.17 bits per heavy atom. The van der Waals surface area contributed by atoms with E-state index < -0.39 is 0 Å². The summed E-state index contributed by atoms with van der Waals surface area (Å²) in [7, 11) is 0. The van der Waals surface area contributed by atoms with Crippen molar-refractivity contribution in [2.45, 2.75) is 45.4 Å². The van der Waals surface area contributed by atoms with Gasteiger partial charge in [0, 0.05) is 29.0 Å². The minimum absolute atomic E-state index is 0.392. The highest BCUT2D eigenvalue weighted by atomic mass is 16.5. The maximum absolute atomic E-state index is 7.79. The number of para-hydroxylation sites is 1. The zero-order valence-electron chi connectivity index (χ0n) is 17.2. The molecule has 1 aromatic heterocycles. The van der Waals surface area contributed by atoms with Crippen LogP contribution in [0.2, 0.25) is 0 Å². The molecule has 3 rings (SSSR count). The molecule has 0 bridgehead atoms. The summed E-state index contributed by atoms with van der Waals surface area (Å²) in [6, 6.07) is 19.5. The third-order valence-electron chi connectivity index (χ3n) is 5.07. The summed E-state index contributed by atoms with van der Waals surface area (Å²) in [6.07, 6.45) is 5.72. The Hall–Kier alpha value is -3.14. The van der Waals surface area contributed by atoms with Crippen molar-refractivity contribution < 1.29 is 4.74 Å². The average Bonchev–Trinajstić information content (AvgIpc) is 2.75. The molecule has 0 fully saturated rings. The molecule has 0 amide bonds. The van der Waals surface area contributed by atoms with E-state index in [9.17, 15) is 0 Å². The minimum atomic E-state index is 0.392. The minimum Gasteiger partial charge on any atom is -0.457 e. The van der Waals surface area contributed by atoms with Crippen LogP contribution in [0.5, 0.6) is 11.5 Å². The van der Waals surface area contributed by atoms with Gasteiger partial charge in [0.15, 0.2) is 0 Å². The first-order valence-electron chi connectivity index (χ1n) is 10.3. The predicted octanol–water partition coefficient (Wildman–Crippen LogP) is 6.80. The van der Waals surface area contributed by atoms with Gasteiger partial charge in [-0.2, -0.15) is 0 Å². The Kier molecular flexibility index (Phi) is 7.01. The summed E-state index contributed by atoms with van der Waals surface area (Å²) in [5, 5.41) is 7.79. The molecule has 0 spiro atoms. The Bertz CT molecular complexity index is 930. The molecule has 4 heteroatoms. The number of nitrogen functional groups attached to an aromatic ring is 1. The van der Waals surface area contributed by atoms with Gasteiger partial charge in [-0.15, -0.1) is 0 Å². The predicted molar refractivity (Wildman–Crippen MR) is 121 cm³/mol. The van der Waals surface area contributed by atoms with Crippen LogP contribution in [0.15, 0.2) is 60.7 Å². The molecule has 3 N–H and O–H groups in total. The first-order valence-corrected chi connectivity index (χ1v) is 10.3. The molecule has 0 saturated carbocycles. The van der Waals surface area contributed by atoms with Crippen molar-refractivity contribution in [2.24, 2.45) is 0 Å². The zero-order chi connectivity index (χ0) is 20.6. The van der Waals surface area contributed by atoms with Crippen molar-refractivity contribution in [3.8, 4) is 22.8 Å². The molecule has 3 aromatic rings. The van der Waals surface area contributed by atoms with Crippen molar-refractivity contribution in [2.75, 3.05) is 5.73 Å². The number of nitrogens with two attached hydrogens (primary N) is 1. The molecular weight excluding hydrogens is 358 g/mol. The van der Waals surface area contributed by atoms with Gasteiger partial charge < -0.3 is 15.9 Å². The second-order valence-corrected chi connectivity index (χ2v) is 7.26. The maximum atomic E-state index is 7.79. The van der Waals surface area contributed by atoms with E-state index in [2.05, 4.69) is 13.8 Å². The van der Waals surface area contributed by atoms with Crippen molar-refractivity contribution >= 4 is 11.9 Å². The van der Waals surface area contributed by atoms with Crippen LogP contribution < -0.4 is 10.5 Å². The number of ether oxygens (including phenoxy) is 1. The monoisotopic (exact) mass is 387 g/mol. The van der Waals surface area contributed by atoms with Gasteiger partial charge in [0.2, 0.25) is 0 Å². The molecule has 0 atom stereocenters. The largest absolute Gasteiger partial charge is 0.457 e. The van der Waals surface area contributed by atoms with Crippen LogP contribution in [0, 0.1) is 5.41 Å². The highest BCUT2D eigenvalue weighted by Crippen LogP contribution is 2.33. The van der Waals surface area contributed by atoms with Gasteiger partial charge in [-0.3, -0.25) is 4.98 Å². The fourth-order valence-electron chi connectivity index (χ4n) is 3.59. The van der Waals surface area contributed by atoms with E-state index in [4.69, 9.17) is 20.9 Å². The van der Waals surface area contributed by atoms with Gasteiger partial charge in [-0.05, 0) is 55.3 Å². The summed E-state index contributed by atoms with van der Waals surface area (Å²) < 4.78 is 5.88. The number of hydrogen-bond acceptors (Lipinski definition) is 4. The first kappa shape index (κ1) is 20.6. The van der Waals surface area contributed by atoms with Crippen LogP contribution in [0.3, 0.4) is 0 Å². The lowest BCUT2D eigenvalue weighted by molar-refractivity contribution is 0.483. The lowest BCUT2D eigenvalue weighted by atomic mass is 9.92. The third-order valence-corrected chi connectivity index (χ3v) is 5.07. The fraction of sp³-hybridized carbons (Fsp3) is 0.280.